The number of nitrogens with one attached hydrogen (secondary N) is 2. The highest BCUT2D eigenvalue weighted by Gasteiger charge is 2.35. The fraction of sp³-hybridized carbons (Fsp3) is 0.333. The molecule has 0 aliphatic carbocycles. The molecular weight excluding hydrogens is 451 g/mol. The number of urea groups is 1. The van der Waals surface area contributed by atoms with Crippen molar-refractivity contribution < 1.29 is 19.1 Å². The van der Waals surface area contributed by atoms with E-state index in [0.29, 0.717) is 27.1 Å². The lowest BCUT2D eigenvalue weighted by atomic mass is 9.91. The zero-order valence-electron chi connectivity index (χ0n) is 18.4. The summed E-state index contributed by atoms with van der Waals surface area (Å²) in [5.74, 6) is 0.100. The Morgan fingerprint density at radius 3 is 2.34 bits per heavy atom. The summed E-state index contributed by atoms with van der Waals surface area (Å²) in [6.45, 7) is 7.69. The average Bonchev–Trinajstić information content (AvgIpc) is 2.72. The summed E-state index contributed by atoms with van der Waals surface area (Å²) >= 11 is 12.1. The van der Waals surface area contributed by atoms with Crippen molar-refractivity contribution in [1.82, 2.24) is 10.6 Å². The van der Waals surface area contributed by atoms with Gasteiger partial charge in [0.05, 0.1) is 17.7 Å². The number of ether oxygens (including phenoxy) is 2. The molecule has 1 aliphatic heterocycles. The molecule has 0 fully saturated rings. The van der Waals surface area contributed by atoms with E-state index < -0.39 is 12.0 Å². The van der Waals surface area contributed by atoms with E-state index in [1.807, 2.05) is 32.0 Å². The first-order chi connectivity index (χ1) is 15.2. The van der Waals surface area contributed by atoms with E-state index in [0.717, 1.165) is 11.1 Å². The number of carbonyl (C=O) groups is 2. The number of halogens is 2. The Balaban J connectivity index is 1.83. The van der Waals surface area contributed by atoms with E-state index in [1.54, 1.807) is 38.1 Å². The number of rotatable bonds is 7. The number of esters is 1. The van der Waals surface area contributed by atoms with Crippen molar-refractivity contribution in [3.05, 3.63) is 74.9 Å². The molecule has 2 amide bonds. The van der Waals surface area contributed by atoms with Crippen LogP contribution in [0.15, 0.2) is 53.7 Å². The minimum atomic E-state index is -0.632. The monoisotopic (exact) mass is 476 g/mol. The van der Waals surface area contributed by atoms with Crippen LogP contribution in [0.5, 0.6) is 5.75 Å². The lowest BCUT2D eigenvalue weighted by molar-refractivity contribution is -0.143. The largest absolute Gasteiger partial charge is 0.489 e. The molecule has 0 radical (unpaired) electrons. The van der Waals surface area contributed by atoms with Crippen molar-refractivity contribution in [3.8, 4) is 5.75 Å². The van der Waals surface area contributed by atoms with Crippen molar-refractivity contribution in [2.24, 2.45) is 5.92 Å². The average molecular weight is 477 g/mol. The van der Waals surface area contributed by atoms with Gasteiger partial charge in [0.15, 0.2) is 0 Å². The zero-order chi connectivity index (χ0) is 23.4. The van der Waals surface area contributed by atoms with Gasteiger partial charge in [-0.1, -0.05) is 55.2 Å². The van der Waals surface area contributed by atoms with Gasteiger partial charge in [0, 0.05) is 21.3 Å². The van der Waals surface area contributed by atoms with E-state index in [2.05, 4.69) is 10.6 Å². The normalized spacial score (nSPS) is 16.1. The van der Waals surface area contributed by atoms with Crippen molar-refractivity contribution in [2.75, 3.05) is 0 Å². The SMILES string of the molecule is CC(C)OC(=O)C1=C(C(C)C)NC(=O)NC1c1ccc(OCc2ccc(Cl)cc2Cl)cc1. The molecule has 0 bridgehead atoms. The Hall–Kier alpha value is -2.70. The molecule has 1 aliphatic rings. The quantitative estimate of drug-likeness (QED) is 0.495. The predicted octanol–water partition coefficient (Wildman–Crippen LogP) is 5.79. The van der Waals surface area contributed by atoms with Crippen LogP contribution in [0.1, 0.15) is 44.9 Å². The highest BCUT2D eigenvalue weighted by Crippen LogP contribution is 2.32. The third kappa shape index (κ3) is 5.75. The van der Waals surface area contributed by atoms with E-state index >= 15 is 0 Å². The highest BCUT2D eigenvalue weighted by molar-refractivity contribution is 6.35. The maximum atomic E-state index is 12.9. The fourth-order valence-electron chi connectivity index (χ4n) is 3.35. The summed E-state index contributed by atoms with van der Waals surface area (Å²) in [5.41, 5.74) is 2.51. The first kappa shape index (κ1) is 24.0. The molecular formula is C24H26Cl2N2O4. The molecule has 2 aromatic rings. The van der Waals surface area contributed by atoms with Gasteiger partial charge in [-0.2, -0.15) is 0 Å². The van der Waals surface area contributed by atoms with Gasteiger partial charge in [0.2, 0.25) is 0 Å². The molecule has 8 heteroatoms. The molecule has 2 N–H and O–H groups in total. The molecule has 1 heterocycles. The van der Waals surface area contributed by atoms with Gasteiger partial charge in [0.25, 0.3) is 0 Å². The predicted molar refractivity (Wildman–Crippen MR) is 125 cm³/mol. The Morgan fingerprint density at radius 2 is 1.75 bits per heavy atom. The van der Waals surface area contributed by atoms with E-state index in [1.165, 1.54) is 0 Å². The maximum Gasteiger partial charge on any atom is 0.338 e. The first-order valence-electron chi connectivity index (χ1n) is 10.3. The molecule has 170 valence electrons. The smallest absolute Gasteiger partial charge is 0.338 e. The third-order valence-electron chi connectivity index (χ3n) is 4.87. The van der Waals surface area contributed by atoms with Crippen LogP contribution >= 0.6 is 23.2 Å². The first-order valence-corrected chi connectivity index (χ1v) is 11.1. The van der Waals surface area contributed by atoms with Gasteiger partial charge in [-0.25, -0.2) is 9.59 Å². The molecule has 0 saturated heterocycles. The second-order valence-corrected chi connectivity index (χ2v) is 8.90. The molecule has 1 unspecified atom stereocenters. The molecule has 1 atom stereocenters. The van der Waals surface area contributed by atoms with Gasteiger partial charge in [-0.3, -0.25) is 0 Å². The summed E-state index contributed by atoms with van der Waals surface area (Å²) in [7, 11) is 0. The lowest BCUT2D eigenvalue weighted by Gasteiger charge is -2.31. The standard InChI is InChI=1S/C24H26Cl2N2O4/c1-13(2)21-20(23(29)32-14(3)4)22(28-24(30)27-21)15-6-9-18(10-7-15)31-12-16-5-8-17(25)11-19(16)26/h5-11,13-14,22H,12H2,1-4H3,(H2,27,28,30). The molecule has 6 nitrogen and oxygen atoms in total. The van der Waals surface area contributed by atoms with Gasteiger partial charge in [0.1, 0.15) is 12.4 Å². The number of hydrogen-bond donors (Lipinski definition) is 2. The summed E-state index contributed by atoms with van der Waals surface area (Å²) in [6.07, 6.45) is -0.280. The lowest BCUT2D eigenvalue weighted by Crippen LogP contribution is -2.47. The van der Waals surface area contributed by atoms with Crippen LogP contribution < -0.4 is 15.4 Å². The zero-order valence-corrected chi connectivity index (χ0v) is 19.9. The number of benzene rings is 2. The molecule has 32 heavy (non-hydrogen) atoms. The third-order valence-corrected chi connectivity index (χ3v) is 5.45. The summed E-state index contributed by atoms with van der Waals surface area (Å²) in [4.78, 5) is 25.2. The molecule has 0 saturated carbocycles. The van der Waals surface area contributed by atoms with E-state index in [4.69, 9.17) is 32.7 Å². The van der Waals surface area contributed by atoms with Crippen LogP contribution in [-0.4, -0.2) is 18.1 Å². The minimum Gasteiger partial charge on any atom is -0.489 e. The molecule has 3 rings (SSSR count). The number of carbonyl (C=O) groups excluding carboxylic acids is 2. The van der Waals surface area contributed by atoms with Gasteiger partial charge in [-0.15, -0.1) is 0 Å². The van der Waals surface area contributed by atoms with Crippen molar-refractivity contribution >= 4 is 35.2 Å². The van der Waals surface area contributed by atoms with Crippen LogP contribution in [0.25, 0.3) is 0 Å². The molecule has 0 aromatic heterocycles. The van der Waals surface area contributed by atoms with Crippen LogP contribution in [0.4, 0.5) is 4.79 Å². The van der Waals surface area contributed by atoms with Crippen molar-refractivity contribution in [1.29, 1.82) is 0 Å². The molecule has 0 spiro atoms. The number of amides is 2. The second-order valence-electron chi connectivity index (χ2n) is 8.06. The molecule has 2 aromatic carbocycles. The van der Waals surface area contributed by atoms with Crippen LogP contribution in [0.2, 0.25) is 10.0 Å². The summed E-state index contributed by atoms with van der Waals surface area (Å²) in [6, 6.07) is 11.4. The summed E-state index contributed by atoms with van der Waals surface area (Å²) < 4.78 is 11.3. The Kier molecular flexibility index (Phi) is 7.69. The Morgan fingerprint density at radius 1 is 1.06 bits per heavy atom. The Labute approximate surface area is 197 Å². The van der Waals surface area contributed by atoms with Gasteiger partial charge >= 0.3 is 12.0 Å². The van der Waals surface area contributed by atoms with Crippen LogP contribution in [0, 0.1) is 5.92 Å². The van der Waals surface area contributed by atoms with Gasteiger partial charge < -0.3 is 20.1 Å². The highest BCUT2D eigenvalue weighted by atomic mass is 35.5. The van der Waals surface area contributed by atoms with Crippen molar-refractivity contribution in [3.63, 3.8) is 0 Å². The topological polar surface area (TPSA) is 76.7 Å². The van der Waals surface area contributed by atoms with E-state index in [9.17, 15) is 9.59 Å². The number of allylic oxidation sites excluding steroid dienone is 1. The van der Waals surface area contributed by atoms with Crippen molar-refractivity contribution in [2.45, 2.75) is 46.4 Å². The second kappa shape index (κ2) is 10.3. The van der Waals surface area contributed by atoms with Crippen LogP contribution in [-0.2, 0) is 16.1 Å². The van der Waals surface area contributed by atoms with Gasteiger partial charge in [-0.05, 0) is 49.6 Å². The summed E-state index contributed by atoms with van der Waals surface area (Å²) in [5, 5.41) is 6.69. The van der Waals surface area contributed by atoms with E-state index in [-0.39, 0.29) is 24.7 Å². The minimum absolute atomic E-state index is 0.0648. The maximum absolute atomic E-state index is 12.9. The fourth-order valence-corrected chi connectivity index (χ4v) is 3.81. The number of hydrogen-bond acceptors (Lipinski definition) is 4. The van der Waals surface area contributed by atoms with Crippen LogP contribution in [0.3, 0.4) is 0 Å². The Bertz CT molecular complexity index is 1030.